The van der Waals surface area contributed by atoms with E-state index < -0.39 is 0 Å². The molecule has 0 aliphatic carbocycles. The van der Waals surface area contributed by atoms with Crippen LogP contribution in [-0.4, -0.2) is 24.3 Å². The molecule has 0 atom stereocenters. The van der Waals surface area contributed by atoms with Crippen LogP contribution in [0.25, 0.3) is 38.6 Å². The third-order valence-corrected chi connectivity index (χ3v) is 3.72. The van der Waals surface area contributed by atoms with Gasteiger partial charge in [0.05, 0.1) is 28.3 Å². The Balaban J connectivity index is 2.18. The van der Waals surface area contributed by atoms with Gasteiger partial charge in [-0.25, -0.2) is 15.0 Å². The Kier molecular flexibility index (Phi) is 1.90. The largest absolute Gasteiger partial charge is 0.280 e. The Morgan fingerprint density at radius 3 is 2.62 bits per heavy atom. The zero-order valence-electron chi connectivity index (χ0n) is 10.9. The predicted molar refractivity (Wildman–Crippen MR) is 81.1 cm³/mol. The summed E-state index contributed by atoms with van der Waals surface area (Å²) >= 11 is 0. The Hall–Kier alpha value is -3.08. The van der Waals surface area contributed by atoms with Gasteiger partial charge in [0.25, 0.3) is 0 Å². The molecule has 0 saturated heterocycles. The molecule has 0 radical (unpaired) electrons. The predicted octanol–water partition coefficient (Wildman–Crippen LogP) is 2.98. The van der Waals surface area contributed by atoms with E-state index >= 15 is 0 Å². The van der Waals surface area contributed by atoms with E-state index in [9.17, 15) is 0 Å². The molecule has 5 aromatic rings. The van der Waals surface area contributed by atoms with Gasteiger partial charge >= 0.3 is 0 Å². The number of pyridine rings is 2. The fraction of sp³-hybridized carbons (Fsp3) is 0. The van der Waals surface area contributed by atoms with Crippen LogP contribution < -0.4 is 0 Å². The lowest BCUT2D eigenvalue weighted by Gasteiger charge is -2.07. The summed E-state index contributed by atoms with van der Waals surface area (Å²) in [6.07, 6.45) is 5.36. The van der Waals surface area contributed by atoms with E-state index in [4.69, 9.17) is 9.97 Å². The van der Waals surface area contributed by atoms with Crippen molar-refractivity contribution < 1.29 is 0 Å². The molecular weight excluding hydrogens is 262 g/mol. The fourth-order valence-electron chi connectivity index (χ4n) is 2.78. The van der Waals surface area contributed by atoms with Gasteiger partial charge in [0.15, 0.2) is 5.65 Å². The summed E-state index contributed by atoms with van der Waals surface area (Å²) in [5.41, 5.74) is 5.26. The molecule has 21 heavy (non-hydrogen) atoms. The normalized spacial score (nSPS) is 11.8. The maximum absolute atomic E-state index is 4.78. The molecule has 0 aliphatic heterocycles. The number of para-hydroxylation sites is 2. The van der Waals surface area contributed by atoms with E-state index in [2.05, 4.69) is 9.97 Å². The standard InChI is InChI=1S/C16H9N5/c1-2-6-12-11(5-1)19-15-10-4-3-7-18-14(10)13-8-17-9-21(13)16(15)20-12/h1-9H. The molecule has 0 aliphatic rings. The van der Waals surface area contributed by atoms with Gasteiger partial charge in [-0.3, -0.25) is 9.38 Å². The van der Waals surface area contributed by atoms with Crippen LogP contribution in [0.5, 0.6) is 0 Å². The molecule has 0 saturated carbocycles. The van der Waals surface area contributed by atoms with Crippen molar-refractivity contribution in [1.29, 1.82) is 0 Å². The van der Waals surface area contributed by atoms with E-state index in [-0.39, 0.29) is 0 Å². The quantitative estimate of drug-likeness (QED) is 0.321. The van der Waals surface area contributed by atoms with Gasteiger partial charge in [-0.05, 0) is 24.3 Å². The van der Waals surface area contributed by atoms with Crippen molar-refractivity contribution in [3.63, 3.8) is 0 Å². The van der Waals surface area contributed by atoms with Gasteiger partial charge in [0.1, 0.15) is 11.8 Å². The maximum Gasteiger partial charge on any atom is 0.165 e. The van der Waals surface area contributed by atoms with Gasteiger partial charge in [-0.2, -0.15) is 0 Å². The van der Waals surface area contributed by atoms with Crippen LogP contribution in [0.3, 0.4) is 0 Å². The number of benzene rings is 1. The summed E-state index contributed by atoms with van der Waals surface area (Å²) in [5, 5.41) is 0.999. The molecule has 4 heterocycles. The van der Waals surface area contributed by atoms with Crippen molar-refractivity contribution in [2.75, 3.05) is 0 Å². The van der Waals surface area contributed by atoms with Gasteiger partial charge in [-0.15, -0.1) is 0 Å². The van der Waals surface area contributed by atoms with E-state index in [0.29, 0.717) is 0 Å². The van der Waals surface area contributed by atoms with E-state index in [1.165, 1.54) is 0 Å². The highest BCUT2D eigenvalue weighted by molar-refractivity contribution is 6.09. The average Bonchev–Trinajstić information content (AvgIpc) is 3.03. The first-order valence-corrected chi connectivity index (χ1v) is 6.67. The lowest BCUT2D eigenvalue weighted by atomic mass is 10.2. The highest BCUT2D eigenvalue weighted by atomic mass is 15.1. The van der Waals surface area contributed by atoms with Gasteiger partial charge in [-0.1, -0.05) is 12.1 Å². The molecule has 0 unspecified atom stereocenters. The topological polar surface area (TPSA) is 56.0 Å². The summed E-state index contributed by atoms with van der Waals surface area (Å²) in [7, 11) is 0. The maximum atomic E-state index is 4.78. The lowest BCUT2D eigenvalue weighted by molar-refractivity contribution is 1.17. The van der Waals surface area contributed by atoms with Crippen molar-refractivity contribution in [3.05, 3.63) is 55.1 Å². The van der Waals surface area contributed by atoms with Crippen LogP contribution in [-0.2, 0) is 0 Å². The molecule has 0 amide bonds. The van der Waals surface area contributed by atoms with Crippen LogP contribution in [0.4, 0.5) is 0 Å². The first-order valence-electron chi connectivity index (χ1n) is 6.67. The van der Waals surface area contributed by atoms with Gasteiger partial charge in [0.2, 0.25) is 0 Å². The van der Waals surface area contributed by atoms with Crippen molar-refractivity contribution in [2.45, 2.75) is 0 Å². The first-order chi connectivity index (χ1) is 10.4. The fourth-order valence-corrected chi connectivity index (χ4v) is 2.78. The second-order valence-corrected chi connectivity index (χ2v) is 4.93. The third-order valence-electron chi connectivity index (χ3n) is 3.72. The SMILES string of the molecule is c1ccc2nc3c(nc2c1)c1cccnc1c1cncn13. The van der Waals surface area contributed by atoms with E-state index in [1.807, 2.05) is 47.0 Å². The highest BCUT2D eigenvalue weighted by Gasteiger charge is 2.12. The van der Waals surface area contributed by atoms with Crippen LogP contribution in [0.2, 0.25) is 0 Å². The molecule has 5 nitrogen and oxygen atoms in total. The summed E-state index contributed by atoms with van der Waals surface area (Å²) in [5.74, 6) is 0. The molecule has 1 aromatic carbocycles. The number of rotatable bonds is 0. The van der Waals surface area contributed by atoms with E-state index in [0.717, 1.165) is 38.6 Å². The zero-order chi connectivity index (χ0) is 13.8. The molecule has 5 heteroatoms. The average molecular weight is 271 g/mol. The number of hydrogen-bond donors (Lipinski definition) is 0. The second kappa shape index (κ2) is 3.73. The number of nitrogens with zero attached hydrogens (tertiary/aromatic N) is 5. The summed E-state index contributed by atoms with van der Waals surface area (Å²) < 4.78 is 1.95. The van der Waals surface area contributed by atoms with Gasteiger partial charge < -0.3 is 0 Å². The zero-order valence-corrected chi connectivity index (χ0v) is 10.9. The van der Waals surface area contributed by atoms with Crippen LogP contribution in [0.1, 0.15) is 0 Å². The first kappa shape index (κ1) is 10.7. The summed E-state index contributed by atoms with van der Waals surface area (Å²) in [4.78, 5) is 18.3. The minimum Gasteiger partial charge on any atom is -0.280 e. The Bertz CT molecular complexity index is 1140. The molecule has 0 fully saturated rings. The Labute approximate surface area is 118 Å². The number of hydrogen-bond acceptors (Lipinski definition) is 4. The second-order valence-electron chi connectivity index (χ2n) is 4.93. The molecular formula is C16H9N5. The van der Waals surface area contributed by atoms with Crippen LogP contribution in [0, 0.1) is 0 Å². The van der Waals surface area contributed by atoms with Crippen molar-refractivity contribution in [2.24, 2.45) is 0 Å². The van der Waals surface area contributed by atoms with Gasteiger partial charge in [0, 0.05) is 11.6 Å². The smallest absolute Gasteiger partial charge is 0.165 e. The summed E-state index contributed by atoms with van der Waals surface area (Å²) in [6, 6.07) is 11.8. The highest BCUT2D eigenvalue weighted by Crippen LogP contribution is 2.26. The Morgan fingerprint density at radius 2 is 1.71 bits per heavy atom. The summed E-state index contributed by atoms with van der Waals surface area (Å²) in [6.45, 7) is 0. The van der Waals surface area contributed by atoms with Crippen LogP contribution in [0.15, 0.2) is 55.1 Å². The number of aromatic nitrogens is 5. The van der Waals surface area contributed by atoms with E-state index in [1.54, 1.807) is 12.5 Å². The molecule has 4 aromatic heterocycles. The molecule has 0 bridgehead atoms. The lowest BCUT2D eigenvalue weighted by Crippen LogP contribution is -1.96. The van der Waals surface area contributed by atoms with Crippen molar-refractivity contribution in [1.82, 2.24) is 24.3 Å². The minimum atomic E-state index is 0.807. The van der Waals surface area contributed by atoms with Crippen molar-refractivity contribution >= 4 is 38.6 Å². The molecule has 5 rings (SSSR count). The van der Waals surface area contributed by atoms with Crippen molar-refractivity contribution in [3.8, 4) is 0 Å². The molecule has 0 N–H and O–H groups in total. The van der Waals surface area contributed by atoms with Crippen LogP contribution >= 0.6 is 0 Å². The minimum absolute atomic E-state index is 0.807. The third kappa shape index (κ3) is 1.34. The number of imidazole rings is 1. The molecule has 0 spiro atoms. The molecule has 98 valence electrons. The Morgan fingerprint density at radius 1 is 0.857 bits per heavy atom. The number of fused-ring (bicyclic) bond motifs is 7. The monoisotopic (exact) mass is 271 g/mol.